The quantitative estimate of drug-likeness (QED) is 0.796. The molecule has 0 aliphatic rings. The van der Waals surface area contributed by atoms with Crippen LogP contribution < -0.4 is 4.90 Å². The zero-order valence-corrected chi connectivity index (χ0v) is 12.2. The third-order valence-corrected chi connectivity index (χ3v) is 3.69. The molecule has 2 heterocycles. The molecule has 1 N–H and O–H groups in total. The summed E-state index contributed by atoms with van der Waals surface area (Å²) in [6, 6.07) is 8.01. The summed E-state index contributed by atoms with van der Waals surface area (Å²) in [6.07, 6.45) is 5.47. The molecule has 1 aromatic carbocycles. The van der Waals surface area contributed by atoms with Crippen LogP contribution in [0, 0.1) is 0 Å². The van der Waals surface area contributed by atoms with Crippen molar-refractivity contribution < 1.29 is 5.11 Å². The van der Waals surface area contributed by atoms with Crippen LogP contribution in [0.3, 0.4) is 0 Å². The molecule has 0 saturated heterocycles. The largest absolute Gasteiger partial charge is 0.392 e. The second-order valence-corrected chi connectivity index (χ2v) is 5.12. The first-order valence-corrected chi connectivity index (χ1v) is 6.85. The van der Waals surface area contributed by atoms with E-state index in [0.29, 0.717) is 6.54 Å². The molecule has 0 amide bonds. The lowest BCUT2D eigenvalue weighted by atomic mass is 10.1. The number of fused-ring (bicyclic) bond motifs is 1. The fraction of sp³-hybridized carbons (Fsp3) is 0.250. The van der Waals surface area contributed by atoms with Crippen LogP contribution in [0.2, 0.25) is 0 Å². The van der Waals surface area contributed by atoms with Crippen LogP contribution >= 0.6 is 0 Å². The number of imidazole rings is 1. The second kappa shape index (κ2) is 5.54. The monoisotopic (exact) mass is 282 g/mol. The third kappa shape index (κ3) is 2.48. The van der Waals surface area contributed by atoms with Crippen molar-refractivity contribution in [2.45, 2.75) is 13.2 Å². The van der Waals surface area contributed by atoms with Gasteiger partial charge in [0.15, 0.2) is 0 Å². The van der Waals surface area contributed by atoms with Gasteiger partial charge < -0.3 is 14.6 Å². The summed E-state index contributed by atoms with van der Waals surface area (Å²) in [7, 11) is 3.98. The lowest BCUT2D eigenvalue weighted by Gasteiger charge is -2.20. The molecule has 0 bridgehead atoms. The van der Waals surface area contributed by atoms with E-state index in [1.165, 1.54) is 0 Å². The van der Waals surface area contributed by atoms with Gasteiger partial charge in [-0.05, 0) is 5.39 Å². The second-order valence-electron chi connectivity index (χ2n) is 5.12. The van der Waals surface area contributed by atoms with Crippen LogP contribution in [0.5, 0.6) is 0 Å². The standard InChI is InChI=1S/C16H18N4O/c1-19-8-7-17-15(19)10-20(2)16-14-6-4-3-5-13(14)12(11-21)9-18-16/h3-9,21H,10-11H2,1-2H3. The van der Waals surface area contributed by atoms with Crippen molar-refractivity contribution >= 4 is 16.6 Å². The number of aromatic nitrogens is 3. The van der Waals surface area contributed by atoms with Crippen molar-refractivity contribution in [2.75, 3.05) is 11.9 Å². The minimum atomic E-state index is -0.00310. The van der Waals surface area contributed by atoms with Crippen LogP contribution in [0.1, 0.15) is 11.4 Å². The maximum atomic E-state index is 9.44. The van der Waals surface area contributed by atoms with E-state index >= 15 is 0 Å². The molecule has 0 unspecified atom stereocenters. The van der Waals surface area contributed by atoms with Gasteiger partial charge in [0.2, 0.25) is 0 Å². The van der Waals surface area contributed by atoms with Crippen molar-refractivity contribution in [3.63, 3.8) is 0 Å². The van der Waals surface area contributed by atoms with Gasteiger partial charge in [-0.3, -0.25) is 0 Å². The van der Waals surface area contributed by atoms with Gasteiger partial charge in [-0.15, -0.1) is 0 Å². The molecule has 0 spiro atoms. The average Bonchev–Trinajstić information content (AvgIpc) is 2.91. The average molecular weight is 282 g/mol. The first-order valence-electron chi connectivity index (χ1n) is 6.85. The number of pyridine rings is 1. The van der Waals surface area contributed by atoms with Gasteiger partial charge in [0.25, 0.3) is 0 Å². The Morgan fingerprint density at radius 3 is 2.62 bits per heavy atom. The maximum Gasteiger partial charge on any atom is 0.136 e. The van der Waals surface area contributed by atoms with E-state index < -0.39 is 0 Å². The summed E-state index contributed by atoms with van der Waals surface area (Å²) in [5.74, 6) is 1.88. The van der Waals surface area contributed by atoms with Crippen LogP contribution in [0.25, 0.3) is 10.8 Å². The highest BCUT2D eigenvalue weighted by molar-refractivity contribution is 5.94. The van der Waals surface area contributed by atoms with Crippen molar-refractivity contribution in [3.05, 3.63) is 54.2 Å². The number of anilines is 1. The molecule has 5 nitrogen and oxygen atoms in total. The summed E-state index contributed by atoms with van der Waals surface area (Å²) in [6.45, 7) is 0.676. The Balaban J connectivity index is 2.02. The van der Waals surface area contributed by atoms with E-state index in [1.54, 1.807) is 12.4 Å². The van der Waals surface area contributed by atoms with Gasteiger partial charge in [-0.2, -0.15) is 0 Å². The highest BCUT2D eigenvalue weighted by Gasteiger charge is 2.12. The Bertz CT molecular complexity index is 766. The number of aliphatic hydroxyl groups excluding tert-OH is 1. The highest BCUT2D eigenvalue weighted by Crippen LogP contribution is 2.27. The molecule has 21 heavy (non-hydrogen) atoms. The van der Waals surface area contributed by atoms with E-state index in [2.05, 4.69) is 14.9 Å². The van der Waals surface area contributed by atoms with Crippen molar-refractivity contribution in [1.29, 1.82) is 0 Å². The Morgan fingerprint density at radius 1 is 1.19 bits per heavy atom. The maximum absolute atomic E-state index is 9.44. The molecular weight excluding hydrogens is 264 g/mol. The molecule has 2 aromatic heterocycles. The van der Waals surface area contributed by atoms with Crippen LogP contribution in [0.15, 0.2) is 42.9 Å². The van der Waals surface area contributed by atoms with Crippen LogP contribution in [0.4, 0.5) is 5.82 Å². The number of hydrogen-bond acceptors (Lipinski definition) is 4. The number of aryl methyl sites for hydroxylation is 1. The van der Waals surface area contributed by atoms with E-state index in [9.17, 15) is 5.11 Å². The minimum Gasteiger partial charge on any atom is -0.392 e. The Morgan fingerprint density at radius 2 is 1.95 bits per heavy atom. The zero-order chi connectivity index (χ0) is 14.8. The molecule has 0 aliphatic carbocycles. The van der Waals surface area contributed by atoms with Crippen molar-refractivity contribution in [1.82, 2.24) is 14.5 Å². The first-order chi connectivity index (χ1) is 10.2. The number of rotatable bonds is 4. The predicted octanol–water partition coefficient (Wildman–Crippen LogP) is 2.10. The van der Waals surface area contributed by atoms with E-state index in [4.69, 9.17) is 0 Å². The normalized spacial score (nSPS) is 11.0. The summed E-state index contributed by atoms with van der Waals surface area (Å²) in [5, 5.41) is 11.5. The molecule has 0 radical (unpaired) electrons. The fourth-order valence-corrected chi connectivity index (χ4v) is 2.50. The van der Waals surface area contributed by atoms with Crippen molar-refractivity contribution in [3.8, 4) is 0 Å². The van der Waals surface area contributed by atoms with Crippen molar-refractivity contribution in [2.24, 2.45) is 7.05 Å². The first kappa shape index (κ1) is 13.6. The van der Waals surface area contributed by atoms with Gasteiger partial charge in [0, 0.05) is 43.6 Å². The van der Waals surface area contributed by atoms with Crippen LogP contribution in [-0.4, -0.2) is 26.7 Å². The fourth-order valence-electron chi connectivity index (χ4n) is 2.50. The van der Waals surface area contributed by atoms with E-state index in [-0.39, 0.29) is 6.61 Å². The minimum absolute atomic E-state index is 0.00310. The van der Waals surface area contributed by atoms with Gasteiger partial charge in [0.05, 0.1) is 13.2 Å². The molecule has 0 aliphatic heterocycles. The topological polar surface area (TPSA) is 54.2 Å². The lowest BCUT2D eigenvalue weighted by molar-refractivity contribution is 0.283. The van der Waals surface area contributed by atoms with Gasteiger partial charge in [-0.1, -0.05) is 24.3 Å². The zero-order valence-electron chi connectivity index (χ0n) is 12.2. The molecule has 5 heteroatoms. The van der Waals surface area contributed by atoms with Gasteiger partial charge >= 0.3 is 0 Å². The number of benzene rings is 1. The Hall–Kier alpha value is -2.40. The number of hydrogen-bond donors (Lipinski definition) is 1. The SMILES string of the molecule is CN(Cc1nccn1C)c1ncc(CO)c2ccccc12. The Labute approximate surface area is 123 Å². The molecular formula is C16H18N4O. The smallest absolute Gasteiger partial charge is 0.136 e. The summed E-state index contributed by atoms with van der Waals surface area (Å²) in [4.78, 5) is 10.9. The highest BCUT2D eigenvalue weighted by atomic mass is 16.3. The number of nitrogens with zero attached hydrogens (tertiary/aromatic N) is 4. The number of aliphatic hydroxyl groups is 1. The lowest BCUT2D eigenvalue weighted by Crippen LogP contribution is -2.20. The summed E-state index contributed by atoms with van der Waals surface area (Å²) < 4.78 is 2.00. The Kier molecular flexibility index (Phi) is 3.58. The molecule has 0 saturated carbocycles. The third-order valence-electron chi connectivity index (χ3n) is 3.69. The predicted molar refractivity (Wildman–Crippen MR) is 83.0 cm³/mol. The van der Waals surface area contributed by atoms with Crippen LogP contribution in [-0.2, 0) is 20.2 Å². The van der Waals surface area contributed by atoms with E-state index in [1.807, 2.05) is 49.1 Å². The molecule has 3 aromatic rings. The summed E-state index contributed by atoms with van der Waals surface area (Å²) >= 11 is 0. The molecule has 0 fully saturated rings. The van der Waals surface area contributed by atoms with Gasteiger partial charge in [0.1, 0.15) is 11.6 Å². The van der Waals surface area contributed by atoms with Gasteiger partial charge in [-0.25, -0.2) is 9.97 Å². The molecule has 0 atom stereocenters. The molecule has 3 rings (SSSR count). The molecule has 108 valence electrons. The van der Waals surface area contributed by atoms with E-state index in [0.717, 1.165) is 28.0 Å². The summed E-state index contributed by atoms with van der Waals surface area (Å²) in [5.41, 5.74) is 0.847.